The van der Waals surface area contributed by atoms with Crippen molar-refractivity contribution in [1.82, 2.24) is 4.58 Å². The summed E-state index contributed by atoms with van der Waals surface area (Å²) in [6.07, 6.45) is 0. The Balaban J connectivity index is 2.40. The highest BCUT2D eigenvalue weighted by atomic mass is 16.3. The summed E-state index contributed by atoms with van der Waals surface area (Å²) in [6, 6.07) is 14.8. The fourth-order valence-electron chi connectivity index (χ4n) is 2.14. The van der Waals surface area contributed by atoms with Gasteiger partial charge in [0.05, 0.1) is 6.07 Å². The third kappa shape index (κ3) is 1.80. The van der Waals surface area contributed by atoms with Crippen LogP contribution in [0.4, 0.5) is 0 Å². The molecule has 1 heterocycles. The van der Waals surface area contributed by atoms with E-state index < -0.39 is 0 Å². The Hall–Kier alpha value is -2.09. The van der Waals surface area contributed by atoms with E-state index in [1.54, 1.807) is 0 Å². The van der Waals surface area contributed by atoms with Crippen LogP contribution in [-0.2, 0) is 0 Å². The van der Waals surface area contributed by atoms with Crippen LogP contribution >= 0.6 is 0 Å². The van der Waals surface area contributed by atoms with E-state index in [-0.39, 0.29) is 0 Å². The summed E-state index contributed by atoms with van der Waals surface area (Å²) in [5.74, 6) is 0.930. The summed E-state index contributed by atoms with van der Waals surface area (Å²) in [6.45, 7) is 2.08. The van der Waals surface area contributed by atoms with Gasteiger partial charge < -0.3 is 4.42 Å². The molecule has 0 aromatic heterocycles. The van der Waals surface area contributed by atoms with Crippen LogP contribution in [0, 0.1) is 6.92 Å². The van der Waals surface area contributed by atoms with Crippen molar-refractivity contribution in [2.45, 2.75) is 6.92 Å². The van der Waals surface area contributed by atoms with E-state index in [2.05, 4.69) is 54.0 Å². The summed E-state index contributed by atoms with van der Waals surface area (Å²) in [4.78, 5) is 0. The molecule has 0 bridgehead atoms. The van der Waals surface area contributed by atoms with E-state index in [0.29, 0.717) is 0 Å². The van der Waals surface area contributed by atoms with Crippen molar-refractivity contribution in [1.29, 1.82) is 0 Å². The summed E-state index contributed by atoms with van der Waals surface area (Å²) < 4.78 is 8.07. The first-order valence-electron chi connectivity index (χ1n) is 6.08. The maximum absolute atomic E-state index is 5.99. The molecule has 1 aliphatic heterocycles. The molecule has 0 radical (unpaired) electrons. The Bertz CT molecular complexity index is 764. The van der Waals surface area contributed by atoms with Crippen LogP contribution in [0.2, 0.25) is 0 Å². The molecule has 0 saturated carbocycles. The van der Waals surface area contributed by atoms with Crippen molar-refractivity contribution < 1.29 is 4.42 Å². The van der Waals surface area contributed by atoms with Gasteiger partial charge in [0.25, 0.3) is 0 Å². The van der Waals surface area contributed by atoms with Crippen LogP contribution in [-0.4, -0.2) is 14.1 Å². The molecule has 1 aliphatic carbocycles. The summed E-state index contributed by atoms with van der Waals surface area (Å²) in [5.41, 5.74) is 3.30. The molecule has 90 valence electrons. The number of nitrogens with zero attached hydrogens (tertiary/aromatic N) is 1. The SMILES string of the molecule is Cc1ccc2cc3ccc(=[N+](C)C)cc-3oc2c1. The van der Waals surface area contributed by atoms with Crippen molar-refractivity contribution >= 4 is 11.0 Å². The highest BCUT2D eigenvalue weighted by molar-refractivity contribution is 5.83. The summed E-state index contributed by atoms with van der Waals surface area (Å²) in [5, 5.41) is 2.30. The van der Waals surface area contributed by atoms with Gasteiger partial charge in [0.1, 0.15) is 25.4 Å². The van der Waals surface area contributed by atoms with Gasteiger partial charge in [-0.2, -0.15) is 0 Å². The number of fused-ring (bicyclic) bond motifs is 2. The van der Waals surface area contributed by atoms with Crippen molar-refractivity contribution in [3.8, 4) is 11.3 Å². The van der Waals surface area contributed by atoms with Crippen molar-refractivity contribution in [3.63, 3.8) is 0 Å². The van der Waals surface area contributed by atoms with E-state index in [0.717, 1.165) is 27.7 Å². The smallest absolute Gasteiger partial charge is 0.203 e. The number of aryl methyl sites for hydroxylation is 1. The highest BCUT2D eigenvalue weighted by Gasteiger charge is 2.08. The molecule has 0 fully saturated rings. The van der Waals surface area contributed by atoms with Gasteiger partial charge in [-0.3, -0.25) is 0 Å². The van der Waals surface area contributed by atoms with Gasteiger partial charge in [-0.15, -0.1) is 0 Å². The fourth-order valence-corrected chi connectivity index (χ4v) is 2.14. The van der Waals surface area contributed by atoms with Gasteiger partial charge in [-0.1, -0.05) is 12.1 Å². The van der Waals surface area contributed by atoms with Gasteiger partial charge in [0.15, 0.2) is 0 Å². The summed E-state index contributed by atoms with van der Waals surface area (Å²) >= 11 is 0. The van der Waals surface area contributed by atoms with E-state index in [1.165, 1.54) is 5.56 Å². The van der Waals surface area contributed by atoms with E-state index in [9.17, 15) is 0 Å². The molecule has 1 aromatic carbocycles. The molecule has 2 aliphatic rings. The molecule has 2 heteroatoms. The first kappa shape index (κ1) is 11.0. The maximum Gasteiger partial charge on any atom is 0.203 e. The molecule has 0 spiro atoms. The van der Waals surface area contributed by atoms with Crippen LogP contribution in [0.3, 0.4) is 0 Å². The minimum Gasteiger partial charge on any atom is -0.456 e. The van der Waals surface area contributed by atoms with E-state index >= 15 is 0 Å². The van der Waals surface area contributed by atoms with Crippen molar-refractivity contribution in [3.05, 3.63) is 53.4 Å². The van der Waals surface area contributed by atoms with Gasteiger partial charge in [0.2, 0.25) is 5.36 Å². The second-order valence-corrected chi connectivity index (χ2v) is 4.90. The van der Waals surface area contributed by atoms with Crippen LogP contribution < -0.4 is 9.93 Å². The fraction of sp³-hybridized carbons (Fsp3) is 0.188. The van der Waals surface area contributed by atoms with Gasteiger partial charge in [-0.05, 0) is 30.7 Å². The molecule has 0 amide bonds. The predicted octanol–water partition coefficient (Wildman–Crippen LogP) is 2.88. The Labute approximate surface area is 106 Å². The third-order valence-electron chi connectivity index (χ3n) is 3.21. The van der Waals surface area contributed by atoms with Crippen LogP contribution in [0.15, 0.2) is 46.9 Å². The zero-order chi connectivity index (χ0) is 12.7. The monoisotopic (exact) mass is 238 g/mol. The van der Waals surface area contributed by atoms with E-state index in [1.807, 2.05) is 14.1 Å². The molecule has 0 saturated heterocycles. The van der Waals surface area contributed by atoms with Crippen molar-refractivity contribution in [2.24, 2.45) is 0 Å². The summed E-state index contributed by atoms with van der Waals surface area (Å²) in [7, 11) is 4.07. The first-order chi connectivity index (χ1) is 8.63. The molecule has 2 nitrogen and oxygen atoms in total. The average molecular weight is 238 g/mol. The Morgan fingerprint density at radius 1 is 0.944 bits per heavy atom. The lowest BCUT2D eigenvalue weighted by molar-refractivity contribution is 0.616. The topological polar surface area (TPSA) is 16.1 Å². The lowest BCUT2D eigenvalue weighted by Gasteiger charge is -2.06. The highest BCUT2D eigenvalue weighted by Crippen LogP contribution is 2.27. The normalized spacial score (nSPS) is 11.1. The minimum atomic E-state index is 0.930. The number of rotatable bonds is 0. The van der Waals surface area contributed by atoms with Gasteiger partial charge in [0, 0.05) is 17.0 Å². The van der Waals surface area contributed by atoms with Crippen LogP contribution in [0.5, 0.6) is 0 Å². The van der Waals surface area contributed by atoms with Gasteiger partial charge >= 0.3 is 0 Å². The molecule has 1 aromatic rings. The molecule has 0 unspecified atom stereocenters. The second-order valence-electron chi connectivity index (χ2n) is 4.90. The van der Waals surface area contributed by atoms with Gasteiger partial charge in [-0.25, -0.2) is 4.58 Å². The lowest BCUT2D eigenvalue weighted by atomic mass is 10.1. The maximum atomic E-state index is 5.99. The number of hydrogen-bond donors (Lipinski definition) is 0. The molecule has 18 heavy (non-hydrogen) atoms. The first-order valence-corrected chi connectivity index (χ1v) is 6.08. The lowest BCUT2D eigenvalue weighted by Crippen LogP contribution is -2.21. The quantitative estimate of drug-likeness (QED) is 0.434. The number of hydrogen-bond acceptors (Lipinski definition) is 1. The zero-order valence-electron chi connectivity index (χ0n) is 10.9. The second kappa shape index (κ2) is 3.98. The Morgan fingerprint density at radius 3 is 2.56 bits per heavy atom. The molecule has 0 N–H and O–H groups in total. The molecule has 3 rings (SSSR count). The van der Waals surface area contributed by atoms with Crippen molar-refractivity contribution in [2.75, 3.05) is 14.1 Å². The Morgan fingerprint density at radius 2 is 1.78 bits per heavy atom. The van der Waals surface area contributed by atoms with E-state index in [4.69, 9.17) is 4.42 Å². The largest absolute Gasteiger partial charge is 0.456 e. The average Bonchev–Trinajstić information content (AvgIpc) is 2.35. The third-order valence-corrected chi connectivity index (χ3v) is 3.21. The molecular formula is C16H16NO+. The molecule has 0 atom stereocenters. The molecular weight excluding hydrogens is 222 g/mol. The predicted molar refractivity (Wildman–Crippen MR) is 74.7 cm³/mol. The number of benzene rings is 2. The Kier molecular flexibility index (Phi) is 2.44. The van der Waals surface area contributed by atoms with Crippen LogP contribution in [0.25, 0.3) is 22.3 Å². The van der Waals surface area contributed by atoms with Crippen LogP contribution in [0.1, 0.15) is 5.56 Å². The zero-order valence-corrected chi connectivity index (χ0v) is 10.9. The minimum absolute atomic E-state index is 0.930. The standard InChI is InChI=1S/C16H16NO/c1-11-4-5-12-9-13-6-7-14(17(2)3)10-16(13)18-15(12)8-11/h4-10H,1-3H3/q+1.